The van der Waals surface area contributed by atoms with Crippen LogP contribution < -0.4 is 0 Å². The average Bonchev–Trinajstić information content (AvgIpc) is 2.81. The average molecular weight is 317 g/mol. The van der Waals surface area contributed by atoms with Crippen LogP contribution in [0, 0.1) is 0 Å². The predicted molar refractivity (Wildman–Crippen MR) is 70.9 cm³/mol. The zero-order valence-electron chi connectivity index (χ0n) is 10.2. The summed E-state index contributed by atoms with van der Waals surface area (Å²) in [7, 11) is 0. The van der Waals surface area contributed by atoms with Crippen LogP contribution in [0.3, 0.4) is 0 Å². The van der Waals surface area contributed by atoms with Gasteiger partial charge in [0.1, 0.15) is 13.2 Å². The first-order valence-corrected chi connectivity index (χ1v) is 6.35. The molecule has 1 aromatic heterocycles. The highest BCUT2D eigenvalue weighted by atomic mass is 35.5. The molecule has 8 heteroatoms. The van der Waals surface area contributed by atoms with Gasteiger partial charge in [-0.05, 0) is 17.7 Å². The molecule has 0 spiro atoms. The highest BCUT2D eigenvalue weighted by Crippen LogP contribution is 2.23. The molecule has 1 heterocycles. The third kappa shape index (κ3) is 4.19. The lowest BCUT2D eigenvalue weighted by molar-refractivity contribution is -0.142. The van der Waals surface area contributed by atoms with Crippen molar-refractivity contribution in [3.8, 4) is 0 Å². The fourth-order valence-corrected chi connectivity index (χ4v) is 1.79. The summed E-state index contributed by atoms with van der Waals surface area (Å²) in [6.07, 6.45) is 0.406. The van der Waals surface area contributed by atoms with Crippen LogP contribution >= 0.6 is 23.2 Å². The molecule has 6 nitrogen and oxygen atoms in total. The van der Waals surface area contributed by atoms with E-state index in [4.69, 9.17) is 37.5 Å². The van der Waals surface area contributed by atoms with Crippen molar-refractivity contribution in [3.05, 3.63) is 45.6 Å². The molecule has 0 unspecified atom stereocenters. The fraction of sp³-hybridized carbons (Fsp3) is 0.250. The Hall–Kier alpha value is -1.63. The minimum absolute atomic E-state index is 0.0410. The van der Waals surface area contributed by atoms with Gasteiger partial charge in [0.25, 0.3) is 0 Å². The third-order valence-corrected chi connectivity index (χ3v) is 3.04. The number of halogens is 2. The van der Waals surface area contributed by atoms with E-state index < -0.39 is 12.6 Å². The number of carbonyl (C=O) groups is 1. The van der Waals surface area contributed by atoms with Crippen molar-refractivity contribution in [2.75, 3.05) is 6.61 Å². The van der Waals surface area contributed by atoms with Gasteiger partial charge in [0, 0.05) is 0 Å². The maximum absolute atomic E-state index is 10.3. The van der Waals surface area contributed by atoms with Crippen molar-refractivity contribution < 1.29 is 19.1 Å². The summed E-state index contributed by atoms with van der Waals surface area (Å²) < 4.78 is 10.2. The molecule has 0 fully saturated rings. The van der Waals surface area contributed by atoms with E-state index >= 15 is 0 Å². The smallest absolute Gasteiger partial charge is 0.329 e. The molecular formula is C12H10Cl2N2O4. The summed E-state index contributed by atoms with van der Waals surface area (Å²) in [4.78, 5) is 10.3. The maximum Gasteiger partial charge on any atom is 0.329 e. The number of hydrogen-bond acceptors (Lipinski definition) is 5. The predicted octanol–water partition coefficient (Wildman–Crippen LogP) is 2.57. The van der Waals surface area contributed by atoms with Gasteiger partial charge >= 0.3 is 5.97 Å². The summed E-state index contributed by atoms with van der Waals surface area (Å²) in [5, 5.41) is 16.9. The van der Waals surface area contributed by atoms with Gasteiger partial charge in [-0.25, -0.2) is 4.79 Å². The van der Waals surface area contributed by atoms with Gasteiger partial charge in [-0.3, -0.25) is 0 Å². The second-order valence-electron chi connectivity index (χ2n) is 3.90. The van der Waals surface area contributed by atoms with E-state index in [0.29, 0.717) is 22.4 Å². The van der Waals surface area contributed by atoms with Crippen molar-refractivity contribution in [1.29, 1.82) is 0 Å². The second-order valence-corrected chi connectivity index (χ2v) is 4.72. The Balaban J connectivity index is 1.95. The van der Waals surface area contributed by atoms with Gasteiger partial charge in [-0.15, -0.1) is 10.2 Å². The highest BCUT2D eigenvalue weighted by molar-refractivity contribution is 6.42. The first kappa shape index (κ1) is 14.8. The van der Waals surface area contributed by atoms with Crippen molar-refractivity contribution >= 4 is 29.2 Å². The summed E-state index contributed by atoms with van der Waals surface area (Å²) in [6.45, 7) is -0.453. The number of aromatic nitrogens is 2. The van der Waals surface area contributed by atoms with Gasteiger partial charge in [-0.2, -0.15) is 0 Å². The molecule has 0 aliphatic rings. The molecule has 0 saturated carbocycles. The van der Waals surface area contributed by atoms with Crippen LogP contribution in [0.15, 0.2) is 22.6 Å². The molecule has 0 atom stereocenters. The summed E-state index contributed by atoms with van der Waals surface area (Å²) in [5.41, 5.74) is 0.876. The molecular weight excluding hydrogens is 307 g/mol. The lowest BCUT2D eigenvalue weighted by Crippen LogP contribution is -2.06. The third-order valence-electron chi connectivity index (χ3n) is 2.30. The molecule has 0 aliphatic carbocycles. The van der Waals surface area contributed by atoms with E-state index in [1.807, 2.05) is 0 Å². The summed E-state index contributed by atoms with van der Waals surface area (Å²) >= 11 is 11.7. The van der Waals surface area contributed by atoms with E-state index in [1.165, 1.54) is 0 Å². The quantitative estimate of drug-likeness (QED) is 0.881. The largest absolute Gasteiger partial charge is 0.480 e. The number of hydrogen-bond donors (Lipinski definition) is 1. The minimum Gasteiger partial charge on any atom is -0.480 e. The Kier molecular flexibility index (Phi) is 4.94. The Bertz CT molecular complexity index is 615. The van der Waals surface area contributed by atoms with Gasteiger partial charge in [0.2, 0.25) is 11.8 Å². The Morgan fingerprint density at radius 3 is 2.70 bits per heavy atom. The number of carboxylic acid groups (broad SMARTS) is 1. The molecule has 0 aliphatic heterocycles. The molecule has 0 saturated heterocycles. The Labute approximate surface area is 124 Å². The molecule has 0 bridgehead atoms. The van der Waals surface area contributed by atoms with Gasteiger partial charge in [0.15, 0.2) is 0 Å². The maximum atomic E-state index is 10.3. The highest BCUT2D eigenvalue weighted by Gasteiger charge is 2.09. The Morgan fingerprint density at radius 1 is 1.25 bits per heavy atom. The van der Waals surface area contributed by atoms with Crippen LogP contribution in [0.4, 0.5) is 0 Å². The van der Waals surface area contributed by atoms with E-state index in [0.717, 1.165) is 5.56 Å². The molecule has 106 valence electrons. The van der Waals surface area contributed by atoms with Crippen LogP contribution in [0.1, 0.15) is 17.3 Å². The standard InChI is InChI=1S/C12H10Cl2N2O4/c13-8-2-1-7(3-9(8)14)4-10-15-16-11(20-10)5-19-6-12(17)18/h1-3H,4-6H2,(H,17,18). The SMILES string of the molecule is O=C(O)COCc1nnc(Cc2ccc(Cl)c(Cl)c2)o1. The molecule has 2 aromatic rings. The zero-order chi connectivity index (χ0) is 14.5. The molecule has 1 N–H and O–H groups in total. The molecule has 0 amide bonds. The Morgan fingerprint density at radius 2 is 2.00 bits per heavy atom. The first-order chi connectivity index (χ1) is 9.54. The van der Waals surface area contributed by atoms with Crippen molar-refractivity contribution in [1.82, 2.24) is 10.2 Å². The van der Waals surface area contributed by atoms with Crippen LogP contribution in [-0.2, 0) is 22.6 Å². The first-order valence-electron chi connectivity index (χ1n) is 5.59. The minimum atomic E-state index is -1.06. The number of carboxylic acids is 1. The van der Waals surface area contributed by atoms with Crippen molar-refractivity contribution in [2.45, 2.75) is 13.0 Å². The normalized spacial score (nSPS) is 10.7. The fourth-order valence-electron chi connectivity index (χ4n) is 1.47. The van der Waals surface area contributed by atoms with E-state index in [-0.39, 0.29) is 12.5 Å². The van der Waals surface area contributed by atoms with Crippen LogP contribution in [0.5, 0.6) is 0 Å². The number of benzene rings is 1. The van der Waals surface area contributed by atoms with Gasteiger partial charge < -0.3 is 14.3 Å². The number of ether oxygens (including phenoxy) is 1. The number of aliphatic carboxylic acids is 1. The van der Waals surface area contributed by atoms with Crippen molar-refractivity contribution in [2.24, 2.45) is 0 Å². The van der Waals surface area contributed by atoms with E-state index in [9.17, 15) is 4.79 Å². The lowest BCUT2D eigenvalue weighted by atomic mass is 10.1. The topological polar surface area (TPSA) is 85.5 Å². The van der Waals surface area contributed by atoms with Crippen molar-refractivity contribution in [3.63, 3.8) is 0 Å². The van der Waals surface area contributed by atoms with Gasteiger partial charge in [-0.1, -0.05) is 29.3 Å². The molecule has 1 aromatic carbocycles. The monoisotopic (exact) mass is 316 g/mol. The second kappa shape index (κ2) is 6.69. The number of nitrogens with zero attached hydrogens (tertiary/aromatic N) is 2. The molecule has 2 rings (SSSR count). The zero-order valence-corrected chi connectivity index (χ0v) is 11.7. The van der Waals surface area contributed by atoms with E-state index in [2.05, 4.69) is 10.2 Å². The van der Waals surface area contributed by atoms with E-state index in [1.54, 1.807) is 18.2 Å². The summed E-state index contributed by atoms with van der Waals surface area (Å²) in [6, 6.07) is 5.21. The van der Waals surface area contributed by atoms with Crippen LogP contribution in [-0.4, -0.2) is 27.9 Å². The van der Waals surface area contributed by atoms with Crippen LogP contribution in [0.25, 0.3) is 0 Å². The van der Waals surface area contributed by atoms with Crippen LogP contribution in [0.2, 0.25) is 10.0 Å². The summed E-state index contributed by atoms with van der Waals surface area (Å²) in [5.74, 6) is -0.445. The lowest BCUT2D eigenvalue weighted by Gasteiger charge is -2.00. The molecule has 0 radical (unpaired) electrons. The van der Waals surface area contributed by atoms with Gasteiger partial charge in [0.05, 0.1) is 16.5 Å². The molecule has 20 heavy (non-hydrogen) atoms. The number of rotatable bonds is 6.